The molecular weight excluding hydrogens is 219 g/mol. The van der Waals surface area contributed by atoms with Crippen LogP contribution in [-0.4, -0.2) is 12.6 Å². The Balaban J connectivity index is 2.80. The Kier molecular flexibility index (Phi) is 4.44. The Labute approximate surface area is 101 Å². The largest absolute Gasteiger partial charge is 0.463 e. The van der Waals surface area contributed by atoms with E-state index in [-0.39, 0.29) is 17.2 Å². The highest BCUT2D eigenvalue weighted by Crippen LogP contribution is 2.24. The highest BCUT2D eigenvalue weighted by atomic mass is 19.1. The van der Waals surface area contributed by atoms with Gasteiger partial charge >= 0.3 is 5.97 Å². The van der Waals surface area contributed by atoms with E-state index in [2.05, 4.69) is 0 Å². The van der Waals surface area contributed by atoms with Gasteiger partial charge in [-0.05, 0) is 24.6 Å². The molecule has 0 bridgehead atoms. The fourth-order valence-electron chi connectivity index (χ4n) is 1.44. The van der Waals surface area contributed by atoms with Crippen molar-refractivity contribution in [2.45, 2.75) is 26.2 Å². The topological polar surface area (TPSA) is 26.3 Å². The molecule has 1 aromatic carbocycles. The standard InChI is InChI=1S/C14H17FO2/c1-4-17-13(16)9-10-14(2,3)11-5-7-12(15)8-6-11/h5-10H,4H2,1-3H3. The summed E-state index contributed by atoms with van der Waals surface area (Å²) in [5, 5.41) is 0. The molecule has 3 heteroatoms. The van der Waals surface area contributed by atoms with E-state index < -0.39 is 0 Å². The average Bonchev–Trinajstić information content (AvgIpc) is 2.28. The van der Waals surface area contributed by atoms with Crippen molar-refractivity contribution in [1.29, 1.82) is 0 Å². The molecule has 0 fully saturated rings. The summed E-state index contributed by atoms with van der Waals surface area (Å²) in [7, 11) is 0. The summed E-state index contributed by atoms with van der Waals surface area (Å²) >= 11 is 0. The predicted molar refractivity (Wildman–Crippen MR) is 65.2 cm³/mol. The monoisotopic (exact) mass is 236 g/mol. The van der Waals surface area contributed by atoms with E-state index >= 15 is 0 Å². The van der Waals surface area contributed by atoms with Gasteiger partial charge in [-0.25, -0.2) is 9.18 Å². The van der Waals surface area contributed by atoms with Crippen LogP contribution >= 0.6 is 0 Å². The van der Waals surface area contributed by atoms with Gasteiger partial charge in [0.15, 0.2) is 0 Å². The zero-order valence-electron chi connectivity index (χ0n) is 10.4. The highest BCUT2D eigenvalue weighted by Gasteiger charge is 2.17. The molecule has 17 heavy (non-hydrogen) atoms. The fourth-order valence-corrected chi connectivity index (χ4v) is 1.44. The Hall–Kier alpha value is -1.64. The number of hydrogen-bond acceptors (Lipinski definition) is 2. The molecular formula is C14H17FO2. The van der Waals surface area contributed by atoms with Crippen molar-refractivity contribution in [3.63, 3.8) is 0 Å². The second-order valence-electron chi connectivity index (χ2n) is 4.31. The second kappa shape index (κ2) is 5.62. The van der Waals surface area contributed by atoms with Gasteiger partial charge in [-0.3, -0.25) is 0 Å². The molecule has 0 aliphatic rings. The second-order valence-corrected chi connectivity index (χ2v) is 4.31. The zero-order chi connectivity index (χ0) is 12.9. The summed E-state index contributed by atoms with van der Waals surface area (Å²) in [6.07, 6.45) is 3.17. The number of allylic oxidation sites excluding steroid dienone is 1. The van der Waals surface area contributed by atoms with Crippen LogP contribution in [0.1, 0.15) is 26.3 Å². The van der Waals surface area contributed by atoms with Crippen LogP contribution in [0.15, 0.2) is 36.4 Å². The fraction of sp³-hybridized carbons (Fsp3) is 0.357. The molecule has 0 aromatic heterocycles. The molecule has 0 saturated heterocycles. The van der Waals surface area contributed by atoms with E-state index in [0.717, 1.165) is 5.56 Å². The number of carbonyl (C=O) groups is 1. The van der Waals surface area contributed by atoms with Gasteiger partial charge in [-0.2, -0.15) is 0 Å². The minimum Gasteiger partial charge on any atom is -0.463 e. The minimum atomic E-state index is -0.359. The van der Waals surface area contributed by atoms with E-state index in [1.54, 1.807) is 25.1 Å². The number of hydrogen-bond donors (Lipinski definition) is 0. The Morgan fingerprint density at radius 3 is 2.47 bits per heavy atom. The lowest BCUT2D eigenvalue weighted by Crippen LogP contribution is -2.14. The summed E-state index contributed by atoms with van der Waals surface area (Å²) in [6, 6.07) is 6.25. The molecule has 0 spiro atoms. The SMILES string of the molecule is CCOC(=O)C=CC(C)(C)c1ccc(F)cc1. The van der Waals surface area contributed by atoms with Crippen LogP contribution in [0.5, 0.6) is 0 Å². The van der Waals surface area contributed by atoms with E-state index in [1.165, 1.54) is 18.2 Å². The molecule has 92 valence electrons. The van der Waals surface area contributed by atoms with Crippen molar-refractivity contribution in [2.24, 2.45) is 0 Å². The summed E-state index contributed by atoms with van der Waals surface area (Å²) in [4.78, 5) is 11.2. The predicted octanol–water partition coefficient (Wildman–Crippen LogP) is 3.22. The smallest absolute Gasteiger partial charge is 0.330 e. The Morgan fingerprint density at radius 2 is 1.94 bits per heavy atom. The number of benzene rings is 1. The van der Waals surface area contributed by atoms with Crippen LogP contribution in [0.4, 0.5) is 4.39 Å². The molecule has 0 aliphatic heterocycles. The van der Waals surface area contributed by atoms with Crippen molar-refractivity contribution in [2.75, 3.05) is 6.61 Å². The average molecular weight is 236 g/mol. The van der Waals surface area contributed by atoms with Crippen LogP contribution in [0, 0.1) is 5.82 Å². The van der Waals surface area contributed by atoms with E-state index in [1.807, 2.05) is 13.8 Å². The van der Waals surface area contributed by atoms with Gasteiger partial charge in [0.25, 0.3) is 0 Å². The van der Waals surface area contributed by atoms with Crippen molar-refractivity contribution >= 4 is 5.97 Å². The van der Waals surface area contributed by atoms with Gasteiger partial charge in [0, 0.05) is 11.5 Å². The van der Waals surface area contributed by atoms with Crippen LogP contribution in [0.3, 0.4) is 0 Å². The van der Waals surface area contributed by atoms with Crippen LogP contribution < -0.4 is 0 Å². The molecule has 1 rings (SSSR count). The van der Waals surface area contributed by atoms with Crippen molar-refractivity contribution in [3.05, 3.63) is 47.8 Å². The lowest BCUT2D eigenvalue weighted by Gasteiger charge is -2.20. The van der Waals surface area contributed by atoms with Crippen molar-refractivity contribution in [1.82, 2.24) is 0 Å². The lowest BCUT2D eigenvalue weighted by molar-refractivity contribution is -0.137. The molecule has 0 heterocycles. The normalized spacial score (nSPS) is 11.8. The maximum Gasteiger partial charge on any atom is 0.330 e. The van der Waals surface area contributed by atoms with Crippen molar-refractivity contribution in [3.8, 4) is 0 Å². The van der Waals surface area contributed by atoms with E-state index in [0.29, 0.717) is 6.61 Å². The van der Waals surface area contributed by atoms with Gasteiger partial charge < -0.3 is 4.74 Å². The molecule has 0 N–H and O–H groups in total. The molecule has 0 atom stereocenters. The molecule has 1 aromatic rings. The van der Waals surface area contributed by atoms with E-state index in [4.69, 9.17) is 4.74 Å². The summed E-state index contributed by atoms with van der Waals surface area (Å²) < 4.78 is 17.6. The molecule has 0 radical (unpaired) electrons. The third-order valence-electron chi connectivity index (χ3n) is 2.51. The van der Waals surface area contributed by atoms with Gasteiger partial charge in [0.05, 0.1) is 6.61 Å². The van der Waals surface area contributed by atoms with Gasteiger partial charge in [-0.15, -0.1) is 0 Å². The molecule has 0 saturated carbocycles. The first-order valence-corrected chi connectivity index (χ1v) is 5.58. The number of rotatable bonds is 4. The lowest BCUT2D eigenvalue weighted by atomic mass is 9.84. The maximum atomic E-state index is 12.8. The summed E-state index contributed by atoms with van der Waals surface area (Å²) in [6.45, 7) is 6.03. The molecule has 2 nitrogen and oxygen atoms in total. The molecule has 0 amide bonds. The zero-order valence-corrected chi connectivity index (χ0v) is 10.4. The first kappa shape index (κ1) is 13.4. The third kappa shape index (κ3) is 4.02. The summed E-state index contributed by atoms with van der Waals surface area (Å²) in [5.41, 5.74) is 0.611. The first-order chi connectivity index (χ1) is 7.95. The summed E-state index contributed by atoms with van der Waals surface area (Å²) in [5.74, 6) is -0.624. The third-order valence-corrected chi connectivity index (χ3v) is 2.51. The van der Waals surface area contributed by atoms with E-state index in [9.17, 15) is 9.18 Å². The Bertz CT molecular complexity index is 405. The molecule has 0 aliphatic carbocycles. The van der Waals surface area contributed by atoms with Crippen LogP contribution in [0.2, 0.25) is 0 Å². The number of ether oxygens (including phenoxy) is 1. The van der Waals surface area contributed by atoms with Crippen LogP contribution in [-0.2, 0) is 14.9 Å². The quantitative estimate of drug-likeness (QED) is 0.592. The van der Waals surface area contributed by atoms with Gasteiger partial charge in [0.2, 0.25) is 0 Å². The highest BCUT2D eigenvalue weighted by molar-refractivity contribution is 5.82. The minimum absolute atomic E-state index is 0.265. The van der Waals surface area contributed by atoms with Crippen LogP contribution in [0.25, 0.3) is 0 Å². The number of carbonyl (C=O) groups excluding carboxylic acids is 1. The Morgan fingerprint density at radius 1 is 1.35 bits per heavy atom. The number of halogens is 1. The van der Waals surface area contributed by atoms with Gasteiger partial charge in [-0.1, -0.05) is 32.1 Å². The maximum absolute atomic E-state index is 12.8. The number of esters is 1. The molecule has 0 unspecified atom stereocenters. The van der Waals surface area contributed by atoms with Crippen molar-refractivity contribution < 1.29 is 13.9 Å². The first-order valence-electron chi connectivity index (χ1n) is 5.58. The van der Waals surface area contributed by atoms with Gasteiger partial charge in [0.1, 0.15) is 5.82 Å².